The van der Waals surface area contributed by atoms with Crippen molar-refractivity contribution in [3.63, 3.8) is 0 Å². The topological polar surface area (TPSA) is 54.4 Å². The molecule has 5 unspecified atom stereocenters. The summed E-state index contributed by atoms with van der Waals surface area (Å²) in [6, 6.07) is 0. The molecule has 0 radical (unpaired) electrons. The van der Waals surface area contributed by atoms with E-state index in [4.69, 9.17) is 0 Å². The van der Waals surface area contributed by atoms with Crippen LogP contribution >= 0.6 is 0 Å². The van der Waals surface area contributed by atoms with Gasteiger partial charge in [-0.25, -0.2) is 0 Å². The third-order valence-corrected chi connectivity index (χ3v) is 5.50. The number of carbonyl (C=O) groups excluding carboxylic acids is 2. The minimum Gasteiger partial charge on any atom is -0.392 e. The Labute approximate surface area is 109 Å². The lowest BCUT2D eigenvalue weighted by molar-refractivity contribution is -0.156. The molecule has 3 heteroatoms. The molecular weight excluding hydrogens is 228 g/mol. The van der Waals surface area contributed by atoms with Gasteiger partial charge in [-0.15, -0.1) is 0 Å². The summed E-state index contributed by atoms with van der Waals surface area (Å²) in [7, 11) is 0. The summed E-state index contributed by atoms with van der Waals surface area (Å²) < 4.78 is 0. The SMILES string of the molecule is CC(C)C1CC2(C)C(CC1=O)C(=O)CC(O)C2C. The largest absolute Gasteiger partial charge is 0.392 e. The lowest BCUT2D eigenvalue weighted by atomic mass is 9.51. The Morgan fingerprint density at radius 1 is 1.22 bits per heavy atom. The third kappa shape index (κ3) is 1.93. The van der Waals surface area contributed by atoms with Gasteiger partial charge >= 0.3 is 0 Å². The van der Waals surface area contributed by atoms with Gasteiger partial charge in [0.15, 0.2) is 0 Å². The number of carbonyl (C=O) groups is 2. The highest BCUT2D eigenvalue weighted by Crippen LogP contribution is 2.53. The monoisotopic (exact) mass is 252 g/mol. The first kappa shape index (κ1) is 13.7. The summed E-state index contributed by atoms with van der Waals surface area (Å²) in [5.41, 5.74) is -0.211. The Bertz CT molecular complexity index is 374. The molecule has 2 rings (SSSR count). The smallest absolute Gasteiger partial charge is 0.139 e. The second kappa shape index (κ2) is 4.44. The Morgan fingerprint density at radius 3 is 2.39 bits per heavy atom. The molecule has 0 heterocycles. The Kier molecular flexibility index (Phi) is 3.39. The van der Waals surface area contributed by atoms with Gasteiger partial charge in [-0.1, -0.05) is 27.7 Å². The van der Waals surface area contributed by atoms with E-state index in [1.807, 2.05) is 6.92 Å². The van der Waals surface area contributed by atoms with Crippen molar-refractivity contribution in [1.82, 2.24) is 0 Å². The third-order valence-electron chi connectivity index (χ3n) is 5.50. The quantitative estimate of drug-likeness (QED) is 0.778. The molecule has 1 N–H and O–H groups in total. The maximum absolute atomic E-state index is 12.2. The summed E-state index contributed by atoms with van der Waals surface area (Å²) in [5, 5.41) is 10.0. The van der Waals surface area contributed by atoms with Gasteiger partial charge in [0.2, 0.25) is 0 Å². The van der Waals surface area contributed by atoms with Gasteiger partial charge in [-0.3, -0.25) is 9.59 Å². The van der Waals surface area contributed by atoms with Gasteiger partial charge in [0.1, 0.15) is 11.6 Å². The lowest BCUT2D eigenvalue weighted by Gasteiger charge is -2.52. The molecule has 5 atom stereocenters. The van der Waals surface area contributed by atoms with Gasteiger partial charge in [0.05, 0.1) is 6.10 Å². The second-order valence-corrected chi connectivity index (χ2v) is 6.81. The number of rotatable bonds is 1. The van der Waals surface area contributed by atoms with Gasteiger partial charge in [0.25, 0.3) is 0 Å². The standard InChI is InChI=1S/C15H24O3/c1-8(2)10-7-15(4)9(3)12(16)6-14(18)11(15)5-13(10)17/h8-12,16H,5-7H2,1-4H3. The van der Waals surface area contributed by atoms with Gasteiger partial charge in [-0.05, 0) is 23.7 Å². The zero-order valence-electron chi connectivity index (χ0n) is 11.8. The molecule has 2 aliphatic rings. The predicted molar refractivity (Wildman–Crippen MR) is 69.0 cm³/mol. The van der Waals surface area contributed by atoms with Crippen LogP contribution in [-0.2, 0) is 9.59 Å². The summed E-state index contributed by atoms with van der Waals surface area (Å²) in [6.07, 6.45) is 0.814. The molecule has 0 aromatic rings. The molecule has 2 aliphatic carbocycles. The van der Waals surface area contributed by atoms with Gasteiger partial charge < -0.3 is 5.11 Å². The maximum Gasteiger partial charge on any atom is 0.139 e. The average molecular weight is 252 g/mol. The Balaban J connectivity index is 2.33. The van der Waals surface area contributed by atoms with Crippen LogP contribution in [0.4, 0.5) is 0 Å². The fourth-order valence-corrected chi connectivity index (χ4v) is 3.87. The Hall–Kier alpha value is -0.700. The van der Waals surface area contributed by atoms with Crippen molar-refractivity contribution < 1.29 is 14.7 Å². The number of aliphatic hydroxyl groups is 1. The van der Waals surface area contributed by atoms with Crippen molar-refractivity contribution in [2.45, 2.75) is 53.1 Å². The van der Waals surface area contributed by atoms with Gasteiger partial charge in [-0.2, -0.15) is 0 Å². The van der Waals surface area contributed by atoms with Crippen molar-refractivity contribution >= 4 is 11.6 Å². The maximum atomic E-state index is 12.2. The first-order chi connectivity index (χ1) is 8.27. The van der Waals surface area contributed by atoms with Crippen molar-refractivity contribution in [2.24, 2.45) is 29.1 Å². The molecular formula is C15H24O3. The number of hydrogen-bond acceptors (Lipinski definition) is 3. The first-order valence-electron chi connectivity index (χ1n) is 7.01. The summed E-state index contributed by atoms with van der Waals surface area (Å²) in [6.45, 7) is 8.25. The minimum absolute atomic E-state index is 0.0480. The summed E-state index contributed by atoms with van der Waals surface area (Å²) >= 11 is 0. The zero-order chi connectivity index (χ0) is 13.7. The van der Waals surface area contributed by atoms with E-state index < -0.39 is 6.10 Å². The van der Waals surface area contributed by atoms with E-state index in [-0.39, 0.29) is 41.2 Å². The normalized spacial score (nSPS) is 45.2. The number of ketones is 2. The highest BCUT2D eigenvalue weighted by molar-refractivity contribution is 5.92. The molecule has 0 aromatic heterocycles. The molecule has 2 saturated carbocycles. The fourth-order valence-electron chi connectivity index (χ4n) is 3.87. The second-order valence-electron chi connectivity index (χ2n) is 6.81. The van der Waals surface area contributed by atoms with Crippen molar-refractivity contribution in [2.75, 3.05) is 0 Å². The van der Waals surface area contributed by atoms with Crippen molar-refractivity contribution in [3.8, 4) is 0 Å². The van der Waals surface area contributed by atoms with Crippen LogP contribution in [0, 0.1) is 29.1 Å². The van der Waals surface area contributed by atoms with E-state index in [1.165, 1.54) is 0 Å². The number of Topliss-reactive ketones (excluding diaryl/α,β-unsaturated/α-hetero) is 2. The number of aliphatic hydroxyl groups excluding tert-OH is 1. The van der Waals surface area contributed by atoms with Crippen LogP contribution in [0.25, 0.3) is 0 Å². The van der Waals surface area contributed by atoms with E-state index in [9.17, 15) is 14.7 Å². The van der Waals surface area contributed by atoms with E-state index in [0.29, 0.717) is 12.3 Å². The fraction of sp³-hybridized carbons (Fsp3) is 0.867. The molecule has 18 heavy (non-hydrogen) atoms. The molecule has 102 valence electrons. The van der Waals surface area contributed by atoms with Crippen LogP contribution in [0.3, 0.4) is 0 Å². The summed E-state index contributed by atoms with van der Waals surface area (Å²) in [5.74, 6) is 0.611. The van der Waals surface area contributed by atoms with Crippen LogP contribution in [0.15, 0.2) is 0 Å². The van der Waals surface area contributed by atoms with Crippen LogP contribution in [0.2, 0.25) is 0 Å². The van der Waals surface area contributed by atoms with Crippen LogP contribution in [-0.4, -0.2) is 22.8 Å². The van der Waals surface area contributed by atoms with E-state index in [1.54, 1.807) is 0 Å². The van der Waals surface area contributed by atoms with Crippen LogP contribution in [0.1, 0.15) is 47.0 Å². The zero-order valence-corrected chi connectivity index (χ0v) is 11.8. The average Bonchev–Trinajstić information content (AvgIpc) is 2.28. The molecule has 0 aromatic carbocycles. The van der Waals surface area contributed by atoms with Crippen molar-refractivity contribution in [3.05, 3.63) is 0 Å². The van der Waals surface area contributed by atoms with Gasteiger partial charge in [0, 0.05) is 24.7 Å². The summed E-state index contributed by atoms with van der Waals surface area (Å²) in [4.78, 5) is 24.3. The first-order valence-corrected chi connectivity index (χ1v) is 7.01. The molecule has 0 spiro atoms. The molecule has 2 fully saturated rings. The van der Waals surface area contributed by atoms with E-state index in [0.717, 1.165) is 6.42 Å². The molecule has 0 saturated heterocycles. The molecule has 0 aliphatic heterocycles. The van der Waals surface area contributed by atoms with Crippen LogP contribution < -0.4 is 0 Å². The molecule has 3 nitrogen and oxygen atoms in total. The minimum atomic E-state index is -0.542. The molecule has 0 bridgehead atoms. The highest BCUT2D eigenvalue weighted by Gasteiger charge is 2.55. The van der Waals surface area contributed by atoms with E-state index >= 15 is 0 Å². The van der Waals surface area contributed by atoms with Crippen molar-refractivity contribution in [1.29, 1.82) is 0 Å². The number of fused-ring (bicyclic) bond motifs is 1. The Morgan fingerprint density at radius 2 is 1.83 bits per heavy atom. The lowest BCUT2D eigenvalue weighted by Crippen LogP contribution is -2.55. The molecule has 0 amide bonds. The highest BCUT2D eigenvalue weighted by atomic mass is 16.3. The van der Waals surface area contributed by atoms with Crippen LogP contribution in [0.5, 0.6) is 0 Å². The van der Waals surface area contributed by atoms with E-state index in [2.05, 4.69) is 20.8 Å². The predicted octanol–water partition coefficient (Wildman–Crippen LogP) is 2.21. The number of hydrogen-bond donors (Lipinski definition) is 1.